The average Bonchev–Trinajstić information content (AvgIpc) is 2.58. The molecule has 1 N–H and O–H groups in total. The Hall–Kier alpha value is -1.94. The van der Waals surface area contributed by atoms with E-state index in [-0.39, 0.29) is 5.91 Å². The third-order valence-corrected chi connectivity index (χ3v) is 4.56. The van der Waals surface area contributed by atoms with Gasteiger partial charge in [-0.15, -0.1) is 11.8 Å². The molecule has 0 fully saturated rings. The maximum atomic E-state index is 11.9. The van der Waals surface area contributed by atoms with Gasteiger partial charge in [-0.1, -0.05) is 42.5 Å². The third-order valence-electron chi connectivity index (χ3n) is 3.36. The van der Waals surface area contributed by atoms with Gasteiger partial charge in [0.2, 0.25) is 5.91 Å². The molecule has 1 unspecified atom stereocenters. The number of nitrogens with one attached hydrogen (secondary N) is 1. The van der Waals surface area contributed by atoms with E-state index in [4.69, 9.17) is 4.74 Å². The Morgan fingerprint density at radius 1 is 1.18 bits per heavy atom. The van der Waals surface area contributed by atoms with E-state index in [1.165, 1.54) is 5.56 Å². The number of benzene rings is 2. The molecule has 2 aromatic carbocycles. The van der Waals surface area contributed by atoms with E-state index >= 15 is 0 Å². The third kappa shape index (κ3) is 5.11. The fraction of sp³-hybridized carbons (Fsp3) is 0.278. The van der Waals surface area contributed by atoms with E-state index in [1.807, 2.05) is 42.5 Å². The molecule has 1 atom stereocenters. The van der Waals surface area contributed by atoms with Crippen LogP contribution in [0.25, 0.3) is 0 Å². The zero-order chi connectivity index (χ0) is 15.8. The SMILES string of the molecule is COc1cccc(CNC(=O)CSC(C)c2ccccc2)c1. The highest BCUT2D eigenvalue weighted by atomic mass is 32.2. The van der Waals surface area contributed by atoms with Gasteiger partial charge in [0, 0.05) is 11.8 Å². The lowest BCUT2D eigenvalue weighted by atomic mass is 10.2. The van der Waals surface area contributed by atoms with Crippen molar-refractivity contribution >= 4 is 17.7 Å². The molecular formula is C18H21NO2S. The second kappa shape index (κ2) is 8.49. The average molecular weight is 315 g/mol. The summed E-state index contributed by atoms with van der Waals surface area (Å²) in [4.78, 5) is 11.9. The molecule has 0 aliphatic heterocycles. The van der Waals surface area contributed by atoms with Crippen molar-refractivity contribution in [3.8, 4) is 5.75 Å². The summed E-state index contributed by atoms with van der Waals surface area (Å²) in [6.45, 7) is 2.64. The van der Waals surface area contributed by atoms with Gasteiger partial charge in [-0.3, -0.25) is 4.79 Å². The van der Waals surface area contributed by atoms with Gasteiger partial charge in [0.05, 0.1) is 12.9 Å². The predicted octanol–water partition coefficient (Wildman–Crippen LogP) is 3.81. The summed E-state index contributed by atoms with van der Waals surface area (Å²) in [7, 11) is 1.64. The van der Waals surface area contributed by atoms with E-state index in [1.54, 1.807) is 18.9 Å². The molecule has 3 nitrogen and oxygen atoms in total. The summed E-state index contributed by atoms with van der Waals surface area (Å²) >= 11 is 1.64. The molecule has 0 aromatic heterocycles. The van der Waals surface area contributed by atoms with Gasteiger partial charge in [-0.2, -0.15) is 0 Å². The molecule has 2 rings (SSSR count). The van der Waals surface area contributed by atoms with E-state index in [9.17, 15) is 4.79 Å². The second-order valence-electron chi connectivity index (χ2n) is 4.99. The van der Waals surface area contributed by atoms with Crippen molar-refractivity contribution in [3.63, 3.8) is 0 Å². The zero-order valence-electron chi connectivity index (χ0n) is 12.9. The van der Waals surface area contributed by atoms with Crippen LogP contribution in [0.4, 0.5) is 0 Å². The van der Waals surface area contributed by atoms with Crippen molar-refractivity contribution in [2.75, 3.05) is 12.9 Å². The minimum atomic E-state index is 0.0515. The molecule has 0 heterocycles. The van der Waals surface area contributed by atoms with Crippen molar-refractivity contribution in [2.45, 2.75) is 18.7 Å². The monoisotopic (exact) mass is 315 g/mol. The standard InChI is InChI=1S/C18H21NO2S/c1-14(16-8-4-3-5-9-16)22-13-18(20)19-12-15-7-6-10-17(11-15)21-2/h3-11,14H,12-13H2,1-2H3,(H,19,20). The summed E-state index contributed by atoms with van der Waals surface area (Å²) in [5, 5.41) is 3.25. The first-order valence-corrected chi connectivity index (χ1v) is 8.30. The number of thioether (sulfide) groups is 1. The number of carbonyl (C=O) groups is 1. The molecule has 0 saturated carbocycles. The first-order valence-electron chi connectivity index (χ1n) is 7.25. The van der Waals surface area contributed by atoms with E-state index < -0.39 is 0 Å². The van der Waals surface area contributed by atoms with Gasteiger partial charge in [-0.05, 0) is 30.2 Å². The molecule has 0 spiro atoms. The largest absolute Gasteiger partial charge is 0.497 e. The number of hydrogen-bond donors (Lipinski definition) is 1. The van der Waals surface area contributed by atoms with Crippen LogP contribution >= 0.6 is 11.8 Å². The molecule has 0 radical (unpaired) electrons. The minimum Gasteiger partial charge on any atom is -0.497 e. The highest BCUT2D eigenvalue weighted by Crippen LogP contribution is 2.27. The van der Waals surface area contributed by atoms with Crippen molar-refractivity contribution in [2.24, 2.45) is 0 Å². The topological polar surface area (TPSA) is 38.3 Å². The van der Waals surface area contributed by atoms with Crippen LogP contribution in [0.15, 0.2) is 54.6 Å². The van der Waals surface area contributed by atoms with Gasteiger partial charge in [0.25, 0.3) is 0 Å². The van der Waals surface area contributed by atoms with Crippen molar-refractivity contribution in [3.05, 3.63) is 65.7 Å². The summed E-state index contributed by atoms with van der Waals surface area (Å²) in [6.07, 6.45) is 0. The number of hydrogen-bond acceptors (Lipinski definition) is 3. The molecule has 0 aliphatic carbocycles. The van der Waals surface area contributed by atoms with Gasteiger partial charge in [-0.25, -0.2) is 0 Å². The Labute approximate surface area is 136 Å². The van der Waals surface area contributed by atoms with Crippen LogP contribution in [0.1, 0.15) is 23.3 Å². The maximum Gasteiger partial charge on any atom is 0.230 e. The lowest BCUT2D eigenvalue weighted by molar-refractivity contribution is -0.118. The molecule has 0 aliphatic rings. The van der Waals surface area contributed by atoms with Crippen LogP contribution in [-0.2, 0) is 11.3 Å². The van der Waals surface area contributed by atoms with Crippen LogP contribution in [0.5, 0.6) is 5.75 Å². The van der Waals surface area contributed by atoms with E-state index in [0.717, 1.165) is 11.3 Å². The van der Waals surface area contributed by atoms with Crippen molar-refractivity contribution < 1.29 is 9.53 Å². The fourth-order valence-electron chi connectivity index (χ4n) is 2.06. The van der Waals surface area contributed by atoms with Crippen molar-refractivity contribution in [1.29, 1.82) is 0 Å². The van der Waals surface area contributed by atoms with Crippen LogP contribution < -0.4 is 10.1 Å². The number of ether oxygens (including phenoxy) is 1. The Bertz CT molecular complexity index is 601. The second-order valence-corrected chi connectivity index (χ2v) is 6.32. The van der Waals surface area contributed by atoms with Gasteiger partial charge in [0.15, 0.2) is 0 Å². The summed E-state index contributed by atoms with van der Waals surface area (Å²) in [5.74, 6) is 1.31. The van der Waals surface area contributed by atoms with Crippen LogP contribution in [0.3, 0.4) is 0 Å². The smallest absolute Gasteiger partial charge is 0.230 e. The fourth-order valence-corrected chi connectivity index (χ4v) is 2.91. The lowest BCUT2D eigenvalue weighted by Gasteiger charge is -2.12. The highest BCUT2D eigenvalue weighted by molar-refractivity contribution is 8.00. The molecule has 116 valence electrons. The van der Waals surface area contributed by atoms with Crippen LogP contribution in [0.2, 0.25) is 0 Å². The first kappa shape index (κ1) is 16.4. The number of amides is 1. The maximum absolute atomic E-state index is 11.9. The van der Waals surface area contributed by atoms with Crippen molar-refractivity contribution in [1.82, 2.24) is 5.32 Å². The van der Waals surface area contributed by atoms with Gasteiger partial charge >= 0.3 is 0 Å². The summed E-state index contributed by atoms with van der Waals surface area (Å²) in [5.41, 5.74) is 2.28. The van der Waals surface area contributed by atoms with Crippen LogP contribution in [0, 0.1) is 0 Å². The molecule has 1 amide bonds. The number of methoxy groups -OCH3 is 1. The molecule has 22 heavy (non-hydrogen) atoms. The Morgan fingerprint density at radius 3 is 2.68 bits per heavy atom. The minimum absolute atomic E-state index is 0.0515. The Morgan fingerprint density at radius 2 is 1.95 bits per heavy atom. The van der Waals surface area contributed by atoms with E-state index in [2.05, 4.69) is 24.4 Å². The molecule has 0 saturated heterocycles. The Balaban J connectivity index is 1.76. The number of carbonyl (C=O) groups excluding carboxylic acids is 1. The molecular weight excluding hydrogens is 294 g/mol. The summed E-state index contributed by atoms with van der Waals surface area (Å²) in [6, 6.07) is 17.9. The highest BCUT2D eigenvalue weighted by Gasteiger charge is 2.09. The van der Waals surface area contributed by atoms with Gasteiger partial charge < -0.3 is 10.1 Å². The Kier molecular flexibility index (Phi) is 6.34. The van der Waals surface area contributed by atoms with Gasteiger partial charge in [0.1, 0.15) is 5.75 Å². The molecule has 2 aromatic rings. The quantitative estimate of drug-likeness (QED) is 0.844. The van der Waals surface area contributed by atoms with E-state index in [0.29, 0.717) is 17.5 Å². The predicted molar refractivity (Wildman–Crippen MR) is 92.2 cm³/mol. The summed E-state index contributed by atoms with van der Waals surface area (Å²) < 4.78 is 5.17. The lowest BCUT2D eigenvalue weighted by Crippen LogP contribution is -2.24. The molecule has 0 bridgehead atoms. The first-order chi connectivity index (χ1) is 10.7. The number of rotatable bonds is 7. The normalized spacial score (nSPS) is 11.7. The zero-order valence-corrected chi connectivity index (χ0v) is 13.7. The van der Waals surface area contributed by atoms with Crippen LogP contribution in [-0.4, -0.2) is 18.8 Å². The molecule has 4 heteroatoms.